The molecule has 0 saturated carbocycles. The summed E-state index contributed by atoms with van der Waals surface area (Å²) in [6.45, 7) is 1.07. The smallest absolute Gasteiger partial charge is 0.204 e. The molecule has 7 heteroatoms. The molecule has 152 valence electrons. The van der Waals surface area contributed by atoms with E-state index in [-0.39, 0.29) is 11.6 Å². The van der Waals surface area contributed by atoms with Gasteiger partial charge in [-0.2, -0.15) is 0 Å². The van der Waals surface area contributed by atoms with Crippen LogP contribution in [0.25, 0.3) is 17.1 Å². The van der Waals surface area contributed by atoms with Crippen molar-refractivity contribution in [3.8, 4) is 17.1 Å². The van der Waals surface area contributed by atoms with Gasteiger partial charge in [-0.3, -0.25) is 9.47 Å². The van der Waals surface area contributed by atoms with Crippen LogP contribution in [0.2, 0.25) is 0 Å². The molecule has 4 aromatic rings. The quantitative estimate of drug-likeness (QED) is 0.387. The molecule has 4 nitrogen and oxygen atoms in total. The van der Waals surface area contributed by atoms with Gasteiger partial charge in [0.1, 0.15) is 11.6 Å². The first-order valence-electron chi connectivity index (χ1n) is 9.45. The van der Waals surface area contributed by atoms with Crippen molar-refractivity contribution in [2.24, 2.45) is 0 Å². The summed E-state index contributed by atoms with van der Waals surface area (Å²) in [5.41, 5.74) is 2.65. The monoisotopic (exact) mass is 422 g/mol. The lowest BCUT2D eigenvalue weighted by Gasteiger charge is -2.16. The molecule has 3 aromatic carbocycles. The van der Waals surface area contributed by atoms with Gasteiger partial charge in [-0.1, -0.05) is 42.5 Å². The van der Waals surface area contributed by atoms with Crippen LogP contribution in [0.5, 0.6) is 0 Å². The molecule has 1 heterocycles. The summed E-state index contributed by atoms with van der Waals surface area (Å²) < 4.78 is 30.7. The lowest BCUT2D eigenvalue weighted by atomic mass is 10.2. The van der Waals surface area contributed by atoms with E-state index in [1.807, 2.05) is 46.8 Å². The highest BCUT2D eigenvalue weighted by molar-refractivity contribution is 7.71. The highest BCUT2D eigenvalue weighted by atomic mass is 32.1. The number of benzene rings is 3. The van der Waals surface area contributed by atoms with Gasteiger partial charge in [-0.05, 0) is 61.2 Å². The summed E-state index contributed by atoms with van der Waals surface area (Å²) in [6, 6.07) is 22.3. The van der Waals surface area contributed by atoms with E-state index < -0.39 is 0 Å². The number of aromatic nitrogens is 3. The fraction of sp³-hybridized carbons (Fsp3) is 0.130. The molecular weight excluding hydrogens is 402 g/mol. The van der Waals surface area contributed by atoms with Gasteiger partial charge in [0.2, 0.25) is 4.77 Å². The van der Waals surface area contributed by atoms with E-state index in [0.29, 0.717) is 23.8 Å². The molecule has 0 saturated heterocycles. The van der Waals surface area contributed by atoms with Crippen LogP contribution in [0.3, 0.4) is 0 Å². The molecule has 0 unspecified atom stereocenters. The Kier molecular flexibility index (Phi) is 5.83. The van der Waals surface area contributed by atoms with E-state index in [9.17, 15) is 8.78 Å². The normalized spacial score (nSPS) is 11.2. The Bertz CT molecular complexity index is 1180. The number of hydrogen-bond acceptors (Lipinski definition) is 3. The van der Waals surface area contributed by atoms with E-state index in [4.69, 9.17) is 17.3 Å². The zero-order valence-corrected chi connectivity index (χ0v) is 17.2. The second-order valence-electron chi connectivity index (χ2n) is 7.07. The summed E-state index contributed by atoms with van der Waals surface area (Å²) in [4.78, 5) is 2.04. The van der Waals surface area contributed by atoms with Crippen LogP contribution in [-0.2, 0) is 13.2 Å². The highest BCUT2D eigenvalue weighted by Gasteiger charge is 2.15. The number of hydrogen-bond donors (Lipinski definition) is 0. The van der Waals surface area contributed by atoms with E-state index >= 15 is 0 Å². The van der Waals surface area contributed by atoms with Gasteiger partial charge in [0.15, 0.2) is 5.82 Å². The average molecular weight is 423 g/mol. The lowest BCUT2D eigenvalue weighted by Crippen LogP contribution is -2.22. The van der Waals surface area contributed by atoms with Crippen LogP contribution in [0, 0.1) is 16.4 Å². The molecule has 0 aliphatic carbocycles. The summed E-state index contributed by atoms with van der Waals surface area (Å²) >= 11 is 5.72. The molecule has 4 rings (SSSR count). The second-order valence-corrected chi connectivity index (χ2v) is 7.43. The minimum atomic E-state index is -0.307. The van der Waals surface area contributed by atoms with Crippen LogP contribution in [-0.4, -0.2) is 26.3 Å². The van der Waals surface area contributed by atoms with E-state index in [1.54, 1.807) is 28.9 Å². The predicted molar refractivity (Wildman–Crippen MR) is 116 cm³/mol. The molecule has 30 heavy (non-hydrogen) atoms. The van der Waals surface area contributed by atoms with Crippen LogP contribution < -0.4 is 0 Å². The second kappa shape index (κ2) is 8.69. The highest BCUT2D eigenvalue weighted by Crippen LogP contribution is 2.23. The third-order valence-electron chi connectivity index (χ3n) is 4.70. The molecular formula is C23H20F2N4S. The first-order valence-corrected chi connectivity index (χ1v) is 9.86. The van der Waals surface area contributed by atoms with E-state index in [2.05, 4.69) is 0 Å². The van der Waals surface area contributed by atoms with Crippen LogP contribution in [0.15, 0.2) is 78.9 Å². The van der Waals surface area contributed by atoms with Gasteiger partial charge in [-0.15, -0.1) is 5.10 Å². The van der Waals surface area contributed by atoms with Crippen molar-refractivity contribution < 1.29 is 8.78 Å². The third kappa shape index (κ3) is 4.37. The van der Waals surface area contributed by atoms with Crippen molar-refractivity contribution in [1.29, 1.82) is 0 Å². The Hall–Kier alpha value is -3.16. The fourth-order valence-electron chi connectivity index (χ4n) is 3.28. The summed E-state index contributed by atoms with van der Waals surface area (Å²) in [6.07, 6.45) is 0. The van der Waals surface area contributed by atoms with Crippen LogP contribution in [0.1, 0.15) is 5.56 Å². The lowest BCUT2D eigenvalue weighted by molar-refractivity contribution is 0.244. The van der Waals surface area contributed by atoms with Crippen LogP contribution >= 0.6 is 12.2 Å². The Labute approximate surface area is 178 Å². The van der Waals surface area contributed by atoms with E-state index in [0.717, 1.165) is 16.8 Å². The zero-order valence-electron chi connectivity index (χ0n) is 16.4. The Morgan fingerprint density at radius 1 is 0.867 bits per heavy atom. The SMILES string of the molecule is CN(Cc1ccc(F)cc1)Cn1nc(-c2ccccc2)n(-c2ccc(F)cc2)c1=S. The number of rotatable bonds is 6. The molecule has 0 atom stereocenters. The van der Waals surface area contributed by atoms with Crippen molar-refractivity contribution in [2.75, 3.05) is 7.05 Å². The van der Waals surface area contributed by atoms with Crippen molar-refractivity contribution in [2.45, 2.75) is 13.2 Å². The van der Waals surface area contributed by atoms with Gasteiger partial charge in [0.05, 0.1) is 12.4 Å². The van der Waals surface area contributed by atoms with E-state index in [1.165, 1.54) is 24.3 Å². The van der Waals surface area contributed by atoms with Crippen LogP contribution in [0.4, 0.5) is 8.78 Å². The van der Waals surface area contributed by atoms with Crippen molar-refractivity contribution >= 4 is 12.2 Å². The zero-order chi connectivity index (χ0) is 21.1. The Morgan fingerprint density at radius 3 is 2.10 bits per heavy atom. The topological polar surface area (TPSA) is 26.0 Å². The first-order chi connectivity index (χ1) is 14.5. The van der Waals surface area contributed by atoms with Gasteiger partial charge in [0, 0.05) is 12.1 Å². The van der Waals surface area contributed by atoms with Crippen molar-refractivity contribution in [3.63, 3.8) is 0 Å². The Morgan fingerprint density at radius 2 is 1.47 bits per heavy atom. The standard InChI is InChI=1S/C23H20F2N4S/c1-27(15-17-7-9-19(24)10-8-17)16-28-23(30)29(21-13-11-20(25)12-14-21)22(26-28)18-5-3-2-4-6-18/h2-14H,15-16H2,1H3. The van der Waals surface area contributed by atoms with Crippen molar-refractivity contribution in [3.05, 3.63) is 101 Å². The molecule has 1 aromatic heterocycles. The molecule has 0 aliphatic heterocycles. The molecule has 0 amide bonds. The molecule has 0 bridgehead atoms. The predicted octanol–water partition coefficient (Wildman–Crippen LogP) is 5.44. The minimum Gasteiger partial charge on any atom is -0.283 e. The minimum absolute atomic E-state index is 0.255. The summed E-state index contributed by atoms with van der Waals surface area (Å²) in [7, 11) is 1.95. The third-order valence-corrected chi connectivity index (χ3v) is 5.09. The maximum Gasteiger partial charge on any atom is 0.204 e. The number of nitrogens with zero attached hydrogens (tertiary/aromatic N) is 4. The molecule has 0 N–H and O–H groups in total. The molecule has 0 fully saturated rings. The van der Waals surface area contributed by atoms with Crippen molar-refractivity contribution in [1.82, 2.24) is 19.2 Å². The largest absolute Gasteiger partial charge is 0.283 e. The van der Waals surface area contributed by atoms with Gasteiger partial charge in [-0.25, -0.2) is 13.5 Å². The fourth-order valence-corrected chi connectivity index (χ4v) is 3.57. The molecule has 0 radical (unpaired) electrons. The maximum atomic E-state index is 13.4. The molecule has 0 spiro atoms. The van der Waals surface area contributed by atoms with Gasteiger partial charge < -0.3 is 0 Å². The first kappa shape index (κ1) is 20.1. The van der Waals surface area contributed by atoms with Gasteiger partial charge >= 0.3 is 0 Å². The number of halogens is 2. The summed E-state index contributed by atoms with van der Waals surface area (Å²) in [5, 5.41) is 4.75. The Balaban J connectivity index is 1.69. The molecule has 0 aliphatic rings. The average Bonchev–Trinajstić information content (AvgIpc) is 3.07. The maximum absolute atomic E-state index is 13.4. The van der Waals surface area contributed by atoms with Gasteiger partial charge in [0.25, 0.3) is 0 Å². The summed E-state index contributed by atoms with van der Waals surface area (Å²) in [5.74, 6) is 0.120.